The van der Waals surface area contributed by atoms with Crippen molar-refractivity contribution < 1.29 is 19.1 Å². The number of carboxylic acid groups (broad SMARTS) is 1. The van der Waals surface area contributed by atoms with E-state index in [1.54, 1.807) is 30.2 Å². The van der Waals surface area contributed by atoms with Crippen molar-refractivity contribution in [2.75, 3.05) is 26.2 Å². The minimum Gasteiger partial charge on any atom is -0.481 e. The van der Waals surface area contributed by atoms with E-state index in [0.29, 0.717) is 30.1 Å². The third-order valence-electron chi connectivity index (χ3n) is 9.07. The normalized spacial score (nSPS) is 17.4. The number of nitrogens with zero attached hydrogens (tertiary/aromatic N) is 3. The number of carbonyl (C=O) groups excluding carboxylic acids is 1. The van der Waals surface area contributed by atoms with Gasteiger partial charge in [0.1, 0.15) is 5.82 Å². The van der Waals surface area contributed by atoms with Crippen molar-refractivity contribution in [1.29, 1.82) is 5.26 Å². The van der Waals surface area contributed by atoms with Crippen molar-refractivity contribution in [3.8, 4) is 6.07 Å². The first kappa shape index (κ1) is 41.8. The Hall–Kier alpha value is -3.24. The van der Waals surface area contributed by atoms with E-state index < -0.39 is 5.97 Å². The fraction of sp³-hybridized carbons (Fsp3) is 0.625. The van der Waals surface area contributed by atoms with Crippen LogP contribution in [-0.4, -0.2) is 58.5 Å². The van der Waals surface area contributed by atoms with Crippen molar-refractivity contribution in [3.63, 3.8) is 0 Å². The Kier molecular flexibility index (Phi) is 18.6. The number of carbonyl (C=O) groups is 2. The number of aliphatic carboxylic acids is 1. The van der Waals surface area contributed by atoms with Crippen molar-refractivity contribution >= 4 is 11.9 Å². The highest BCUT2D eigenvalue weighted by Gasteiger charge is 2.44. The Morgan fingerprint density at radius 2 is 1.68 bits per heavy atom. The van der Waals surface area contributed by atoms with E-state index in [-0.39, 0.29) is 35.5 Å². The van der Waals surface area contributed by atoms with Gasteiger partial charge in [-0.1, -0.05) is 77.8 Å². The first-order chi connectivity index (χ1) is 22.2. The number of likely N-dealkylation sites (tertiary alicyclic amines) is 1. The maximum Gasteiger partial charge on any atom is 0.303 e. The largest absolute Gasteiger partial charge is 0.481 e. The molecule has 0 aromatic heterocycles. The molecule has 1 saturated heterocycles. The van der Waals surface area contributed by atoms with Crippen LogP contribution in [0.25, 0.3) is 0 Å². The van der Waals surface area contributed by atoms with Gasteiger partial charge in [-0.15, -0.1) is 0 Å². The molecule has 0 spiro atoms. The Morgan fingerprint density at radius 3 is 2.21 bits per heavy atom. The smallest absolute Gasteiger partial charge is 0.303 e. The van der Waals surface area contributed by atoms with Gasteiger partial charge < -0.3 is 10.0 Å². The van der Waals surface area contributed by atoms with E-state index in [2.05, 4.69) is 71.6 Å². The van der Waals surface area contributed by atoms with Crippen LogP contribution in [0.4, 0.5) is 4.39 Å². The number of carboxylic acids is 1. The molecule has 2 aromatic rings. The van der Waals surface area contributed by atoms with Gasteiger partial charge in [0.2, 0.25) is 5.91 Å². The Balaban J connectivity index is 0.000000526. The zero-order chi connectivity index (χ0) is 35.7. The van der Waals surface area contributed by atoms with Crippen LogP contribution in [0.2, 0.25) is 0 Å². The molecule has 6 nitrogen and oxygen atoms in total. The molecule has 1 amide bonds. The number of rotatable bonds is 9. The zero-order valence-corrected chi connectivity index (χ0v) is 31.0. The lowest BCUT2D eigenvalue weighted by atomic mass is 9.87. The molecule has 2 aliphatic rings. The quantitative estimate of drug-likeness (QED) is 0.292. The van der Waals surface area contributed by atoms with Crippen molar-refractivity contribution in [1.82, 2.24) is 9.80 Å². The number of halogens is 1. The number of amides is 1. The number of hydrogen-bond acceptors (Lipinski definition) is 4. The molecule has 3 atom stereocenters. The van der Waals surface area contributed by atoms with Gasteiger partial charge in [-0.3, -0.25) is 14.5 Å². The molecule has 3 unspecified atom stereocenters. The third kappa shape index (κ3) is 13.4. The molecule has 1 N–H and O–H groups in total. The number of fused-ring (bicyclic) bond motifs is 1. The lowest BCUT2D eigenvalue weighted by Crippen LogP contribution is -2.43. The van der Waals surface area contributed by atoms with Gasteiger partial charge in [-0.25, -0.2) is 4.39 Å². The molecule has 0 radical (unpaired) electrons. The highest BCUT2D eigenvalue weighted by atomic mass is 19.1. The Morgan fingerprint density at radius 1 is 1.04 bits per heavy atom. The van der Waals surface area contributed by atoms with E-state index in [1.807, 2.05) is 24.8 Å². The SMILES string of the molecule is CC.CCC(=O)O.CCCN(CCC(C)CC)C(=O)C1CN(C(C)(C)C)CC1c1ccc(C#N)cc1F.Cc1ccc2c(c1)CCC2. The van der Waals surface area contributed by atoms with Gasteiger partial charge in [-0.05, 0) is 94.5 Å². The standard InChI is InChI=1S/C25H38FN3O.C10H12.C3H6O2.C2H6/c1-7-12-28(13-11-18(3)8-2)24(30)22-17-29(25(4,5)6)16-21(22)20-10-9-19(15-27)14-23(20)26;1-8-5-6-9-3-2-4-10(9)7-8;1-2-3(4)5;1-2/h9-10,14,18,21-22H,7-8,11-13,16-17H2,1-6H3;5-7H,2-4H2,1H3;2H2,1H3,(H,4,5);1-2H3. The van der Waals surface area contributed by atoms with E-state index in [1.165, 1.54) is 30.9 Å². The average molecular weight is 652 g/mol. The zero-order valence-electron chi connectivity index (χ0n) is 31.0. The molecule has 4 rings (SSSR count). The van der Waals surface area contributed by atoms with E-state index >= 15 is 0 Å². The van der Waals surface area contributed by atoms with Crippen LogP contribution >= 0.6 is 0 Å². The molecule has 1 heterocycles. The summed E-state index contributed by atoms with van der Waals surface area (Å²) in [4.78, 5) is 27.3. The highest BCUT2D eigenvalue weighted by molar-refractivity contribution is 5.80. The summed E-state index contributed by atoms with van der Waals surface area (Å²) in [7, 11) is 0. The molecule has 262 valence electrons. The van der Waals surface area contributed by atoms with Gasteiger partial charge in [0.05, 0.1) is 17.6 Å². The fourth-order valence-corrected chi connectivity index (χ4v) is 5.93. The highest BCUT2D eigenvalue weighted by Crippen LogP contribution is 2.38. The second-order valence-corrected chi connectivity index (χ2v) is 13.6. The van der Waals surface area contributed by atoms with E-state index in [9.17, 15) is 14.0 Å². The predicted octanol–water partition coefficient (Wildman–Crippen LogP) is 9.18. The minimum absolute atomic E-state index is 0.0946. The van der Waals surface area contributed by atoms with Crippen LogP contribution < -0.4 is 0 Å². The molecule has 0 bridgehead atoms. The number of aryl methyl sites for hydroxylation is 3. The van der Waals surface area contributed by atoms with Gasteiger partial charge in [0.25, 0.3) is 0 Å². The monoisotopic (exact) mass is 651 g/mol. The van der Waals surface area contributed by atoms with Gasteiger partial charge >= 0.3 is 5.97 Å². The van der Waals surface area contributed by atoms with E-state index in [4.69, 9.17) is 10.4 Å². The third-order valence-corrected chi connectivity index (χ3v) is 9.07. The predicted molar refractivity (Wildman–Crippen MR) is 192 cm³/mol. The maximum absolute atomic E-state index is 14.9. The minimum atomic E-state index is -0.745. The van der Waals surface area contributed by atoms with Crippen LogP contribution in [0.1, 0.15) is 128 Å². The first-order valence-electron chi connectivity index (χ1n) is 17.8. The lowest BCUT2D eigenvalue weighted by molar-refractivity contribution is -0.137. The summed E-state index contributed by atoms with van der Waals surface area (Å²) >= 11 is 0. The van der Waals surface area contributed by atoms with Gasteiger partial charge in [-0.2, -0.15) is 5.26 Å². The molecule has 1 fully saturated rings. The number of hydrogen-bond donors (Lipinski definition) is 1. The molecule has 7 heteroatoms. The lowest BCUT2D eigenvalue weighted by Gasteiger charge is -2.32. The summed E-state index contributed by atoms with van der Waals surface area (Å²) in [5, 5.41) is 16.8. The molecule has 47 heavy (non-hydrogen) atoms. The van der Waals surface area contributed by atoms with Crippen LogP contribution in [0.3, 0.4) is 0 Å². The molecule has 2 aromatic carbocycles. The summed E-state index contributed by atoms with van der Waals surface area (Å²) < 4.78 is 14.9. The van der Waals surface area contributed by atoms with Crippen molar-refractivity contribution in [2.24, 2.45) is 11.8 Å². The molecule has 0 saturated carbocycles. The van der Waals surface area contributed by atoms with Crippen LogP contribution in [-0.2, 0) is 22.4 Å². The first-order valence-corrected chi connectivity index (χ1v) is 17.8. The molecule has 1 aliphatic carbocycles. The van der Waals surface area contributed by atoms with Gasteiger partial charge in [0.15, 0.2) is 0 Å². The van der Waals surface area contributed by atoms with E-state index in [0.717, 1.165) is 32.4 Å². The van der Waals surface area contributed by atoms with Crippen LogP contribution in [0.5, 0.6) is 0 Å². The topological polar surface area (TPSA) is 84.6 Å². The molecular weight excluding hydrogens is 589 g/mol. The van der Waals surface area contributed by atoms with Gasteiger partial charge in [0, 0.05) is 44.1 Å². The molecule has 1 aliphatic heterocycles. The summed E-state index contributed by atoms with van der Waals surface area (Å²) in [6.45, 7) is 23.5. The summed E-state index contributed by atoms with van der Waals surface area (Å²) in [5.74, 6) is -0.874. The molecular formula is C40H62FN3O3. The Labute approximate surface area is 285 Å². The summed E-state index contributed by atoms with van der Waals surface area (Å²) in [6.07, 6.45) is 7.20. The number of benzene rings is 2. The summed E-state index contributed by atoms with van der Waals surface area (Å²) in [6, 6.07) is 13.5. The van der Waals surface area contributed by atoms with Crippen LogP contribution in [0.15, 0.2) is 36.4 Å². The average Bonchev–Trinajstić information content (AvgIpc) is 3.71. The Bertz CT molecular complexity index is 1300. The summed E-state index contributed by atoms with van der Waals surface area (Å²) in [5.41, 5.74) is 5.33. The van der Waals surface area contributed by atoms with Crippen molar-refractivity contribution in [2.45, 2.75) is 126 Å². The second-order valence-electron chi connectivity index (χ2n) is 13.6. The van der Waals surface area contributed by atoms with Crippen molar-refractivity contribution in [3.05, 3.63) is 70.0 Å². The maximum atomic E-state index is 14.9. The fourth-order valence-electron chi connectivity index (χ4n) is 5.93. The number of nitriles is 1. The second kappa shape index (κ2) is 20.9. The van der Waals surface area contributed by atoms with Crippen LogP contribution in [0, 0.1) is 35.9 Å².